The van der Waals surface area contributed by atoms with Gasteiger partial charge in [0.05, 0.1) is 18.0 Å². The molecular weight excluding hydrogens is 296 g/mol. The number of hydrogen-bond acceptors (Lipinski definition) is 4. The van der Waals surface area contributed by atoms with Crippen molar-refractivity contribution in [2.75, 3.05) is 0 Å². The monoisotopic (exact) mass is 304 g/mol. The van der Waals surface area contributed by atoms with Crippen LogP contribution in [0.3, 0.4) is 0 Å². The molecule has 0 radical (unpaired) electrons. The molecule has 3 aromatic heterocycles. The smallest absolute Gasteiger partial charge is 0.305 e. The van der Waals surface area contributed by atoms with Gasteiger partial charge < -0.3 is 9.40 Å². The maximum absolute atomic E-state index is 11.9. The normalized spacial score (nSPS) is 10.5. The Morgan fingerprint density at radius 3 is 2.81 bits per heavy atom. The van der Waals surface area contributed by atoms with Gasteiger partial charge >= 0.3 is 5.91 Å². The van der Waals surface area contributed by atoms with Gasteiger partial charge in [-0.15, -0.1) is 0 Å². The third-order valence-electron chi connectivity index (χ3n) is 2.75. The number of pyridine rings is 1. The van der Waals surface area contributed by atoms with Crippen molar-refractivity contribution in [1.82, 2.24) is 20.8 Å². The van der Waals surface area contributed by atoms with Crippen LogP contribution in [-0.4, -0.2) is 21.8 Å². The van der Waals surface area contributed by atoms with Crippen molar-refractivity contribution in [1.29, 1.82) is 0 Å². The van der Waals surface area contributed by atoms with Crippen molar-refractivity contribution in [3.05, 3.63) is 53.3 Å². The first-order valence-electron chi connectivity index (χ1n) is 5.92. The maximum atomic E-state index is 11.9. The molecular formula is C13H9ClN4O3. The van der Waals surface area contributed by atoms with Gasteiger partial charge in [0.25, 0.3) is 5.91 Å². The molecule has 0 aliphatic rings. The van der Waals surface area contributed by atoms with E-state index in [1.165, 1.54) is 18.5 Å². The summed E-state index contributed by atoms with van der Waals surface area (Å²) in [6.45, 7) is 0. The summed E-state index contributed by atoms with van der Waals surface area (Å²) in [5, 5.41) is 1.08. The summed E-state index contributed by atoms with van der Waals surface area (Å²) >= 11 is 5.77. The number of halogens is 1. The number of hydrazine groups is 1. The zero-order valence-corrected chi connectivity index (χ0v) is 11.3. The molecule has 0 aliphatic heterocycles. The SMILES string of the molecule is O=C(NNC(=O)c1ccco1)c1cc2cc(Cl)ncc2[nH]1. The van der Waals surface area contributed by atoms with Gasteiger partial charge in [0, 0.05) is 5.39 Å². The number of hydrogen-bond donors (Lipinski definition) is 3. The van der Waals surface area contributed by atoms with E-state index in [0.29, 0.717) is 10.7 Å². The zero-order chi connectivity index (χ0) is 14.8. The van der Waals surface area contributed by atoms with E-state index >= 15 is 0 Å². The van der Waals surface area contributed by atoms with Crippen LogP contribution in [0.1, 0.15) is 21.0 Å². The Kier molecular flexibility index (Phi) is 3.33. The molecule has 21 heavy (non-hydrogen) atoms. The minimum atomic E-state index is -0.547. The van der Waals surface area contributed by atoms with Crippen molar-refractivity contribution in [3.8, 4) is 0 Å². The minimum absolute atomic E-state index is 0.0999. The fraction of sp³-hybridized carbons (Fsp3) is 0. The van der Waals surface area contributed by atoms with Crippen molar-refractivity contribution in [3.63, 3.8) is 0 Å². The number of carbonyl (C=O) groups excluding carboxylic acids is 2. The molecule has 0 unspecified atom stereocenters. The van der Waals surface area contributed by atoms with Crippen molar-refractivity contribution in [2.45, 2.75) is 0 Å². The fourth-order valence-electron chi connectivity index (χ4n) is 1.78. The van der Waals surface area contributed by atoms with Crippen molar-refractivity contribution in [2.24, 2.45) is 0 Å². The largest absolute Gasteiger partial charge is 0.459 e. The van der Waals surface area contributed by atoms with E-state index in [-0.39, 0.29) is 11.5 Å². The number of rotatable bonds is 2. The summed E-state index contributed by atoms with van der Waals surface area (Å²) in [7, 11) is 0. The minimum Gasteiger partial charge on any atom is -0.459 e. The van der Waals surface area contributed by atoms with Gasteiger partial charge in [0.15, 0.2) is 5.76 Å². The van der Waals surface area contributed by atoms with Crippen LogP contribution in [-0.2, 0) is 0 Å². The number of furan rings is 1. The third-order valence-corrected chi connectivity index (χ3v) is 2.96. The lowest BCUT2D eigenvalue weighted by Crippen LogP contribution is -2.41. The van der Waals surface area contributed by atoms with E-state index in [1.807, 2.05) is 0 Å². The Hall–Kier alpha value is -2.80. The molecule has 8 heteroatoms. The molecule has 0 fully saturated rings. The van der Waals surface area contributed by atoms with Crippen LogP contribution < -0.4 is 10.9 Å². The first-order valence-corrected chi connectivity index (χ1v) is 6.30. The predicted molar refractivity (Wildman–Crippen MR) is 74.7 cm³/mol. The summed E-state index contributed by atoms with van der Waals surface area (Å²) in [5.74, 6) is -0.945. The second-order valence-electron chi connectivity index (χ2n) is 4.16. The lowest BCUT2D eigenvalue weighted by molar-refractivity contribution is 0.0829. The van der Waals surface area contributed by atoms with Crippen molar-refractivity contribution < 1.29 is 14.0 Å². The molecule has 3 aromatic rings. The van der Waals surface area contributed by atoms with E-state index in [4.69, 9.17) is 16.0 Å². The van der Waals surface area contributed by atoms with Crippen LogP contribution in [0.4, 0.5) is 0 Å². The lowest BCUT2D eigenvalue weighted by atomic mass is 10.3. The third kappa shape index (κ3) is 2.72. The molecule has 7 nitrogen and oxygen atoms in total. The standard InChI is InChI=1S/C13H9ClN4O3/c14-11-5-7-4-8(16-9(7)6-15-11)12(19)17-18-13(20)10-2-1-3-21-10/h1-6,16H,(H,17,19)(H,18,20). The van der Waals surface area contributed by atoms with Crippen LogP contribution in [0.15, 0.2) is 41.1 Å². The summed E-state index contributed by atoms with van der Waals surface area (Å²) in [5.41, 5.74) is 5.47. The average Bonchev–Trinajstić information content (AvgIpc) is 3.12. The molecule has 0 aliphatic carbocycles. The van der Waals surface area contributed by atoms with Crippen LogP contribution in [0.2, 0.25) is 5.15 Å². The van der Waals surface area contributed by atoms with E-state index in [1.54, 1.807) is 18.2 Å². The van der Waals surface area contributed by atoms with Gasteiger partial charge in [-0.05, 0) is 24.3 Å². The van der Waals surface area contributed by atoms with Gasteiger partial charge in [-0.3, -0.25) is 20.4 Å². The Morgan fingerprint density at radius 2 is 2.05 bits per heavy atom. The zero-order valence-electron chi connectivity index (χ0n) is 10.5. The first-order chi connectivity index (χ1) is 10.1. The van der Waals surface area contributed by atoms with Crippen molar-refractivity contribution >= 4 is 34.3 Å². The Balaban J connectivity index is 1.70. The van der Waals surface area contributed by atoms with E-state index in [2.05, 4.69) is 20.8 Å². The Labute approximate surface area is 123 Å². The number of nitrogens with zero attached hydrogens (tertiary/aromatic N) is 1. The number of aromatic amines is 1. The average molecular weight is 305 g/mol. The summed E-state index contributed by atoms with van der Waals surface area (Å²) < 4.78 is 4.90. The highest BCUT2D eigenvalue weighted by Gasteiger charge is 2.13. The molecule has 0 bridgehead atoms. The van der Waals surface area contributed by atoms with E-state index in [0.717, 1.165) is 5.39 Å². The van der Waals surface area contributed by atoms with Crippen LogP contribution >= 0.6 is 11.6 Å². The van der Waals surface area contributed by atoms with Crippen LogP contribution in [0.25, 0.3) is 10.9 Å². The van der Waals surface area contributed by atoms with Crippen LogP contribution in [0.5, 0.6) is 0 Å². The molecule has 2 amide bonds. The number of carbonyl (C=O) groups is 2. The number of H-pyrrole nitrogens is 1. The quantitative estimate of drug-likeness (QED) is 0.497. The fourth-order valence-corrected chi connectivity index (χ4v) is 1.94. The summed E-state index contributed by atoms with van der Waals surface area (Å²) in [4.78, 5) is 30.3. The molecule has 106 valence electrons. The van der Waals surface area contributed by atoms with Gasteiger partial charge in [0.2, 0.25) is 0 Å². The molecule has 3 N–H and O–H groups in total. The van der Waals surface area contributed by atoms with E-state index < -0.39 is 11.8 Å². The van der Waals surface area contributed by atoms with E-state index in [9.17, 15) is 9.59 Å². The summed E-state index contributed by atoms with van der Waals surface area (Å²) in [6.07, 6.45) is 2.89. The molecule has 0 atom stereocenters. The molecule has 0 aromatic carbocycles. The topological polar surface area (TPSA) is 100 Å². The second-order valence-corrected chi connectivity index (χ2v) is 4.55. The van der Waals surface area contributed by atoms with Gasteiger partial charge in [-0.25, -0.2) is 4.98 Å². The highest BCUT2D eigenvalue weighted by molar-refractivity contribution is 6.30. The molecule has 0 saturated carbocycles. The second kappa shape index (κ2) is 5.29. The molecule has 3 heterocycles. The molecule has 3 rings (SSSR count). The highest BCUT2D eigenvalue weighted by atomic mass is 35.5. The number of amides is 2. The summed E-state index contributed by atoms with van der Waals surface area (Å²) in [6, 6.07) is 6.30. The van der Waals surface area contributed by atoms with Gasteiger partial charge in [-0.1, -0.05) is 11.6 Å². The first kappa shape index (κ1) is 13.2. The Morgan fingerprint density at radius 1 is 1.24 bits per heavy atom. The van der Waals surface area contributed by atoms with Gasteiger partial charge in [-0.2, -0.15) is 0 Å². The molecule has 0 spiro atoms. The Bertz CT molecular complexity index is 810. The number of aromatic nitrogens is 2. The highest BCUT2D eigenvalue weighted by Crippen LogP contribution is 2.17. The maximum Gasteiger partial charge on any atom is 0.305 e. The lowest BCUT2D eigenvalue weighted by Gasteiger charge is -2.03. The number of nitrogens with one attached hydrogen (secondary N) is 3. The van der Waals surface area contributed by atoms with Crippen LogP contribution in [0, 0.1) is 0 Å². The molecule has 0 saturated heterocycles. The predicted octanol–water partition coefficient (Wildman–Crippen LogP) is 1.88. The van der Waals surface area contributed by atoms with Gasteiger partial charge in [0.1, 0.15) is 10.8 Å². The number of fused-ring (bicyclic) bond motifs is 1.